The van der Waals surface area contributed by atoms with Gasteiger partial charge in [0, 0.05) is 12.4 Å². The van der Waals surface area contributed by atoms with Gasteiger partial charge < -0.3 is 25.8 Å². The maximum atomic E-state index is 12.2. The third-order valence-electron chi connectivity index (χ3n) is 4.25. The summed E-state index contributed by atoms with van der Waals surface area (Å²) in [4.78, 5) is 12.2. The highest BCUT2D eigenvalue weighted by Crippen LogP contribution is 2.24. The Hall–Kier alpha value is -2.56. The van der Waals surface area contributed by atoms with Gasteiger partial charge in [0.25, 0.3) is 0 Å². The quantitative estimate of drug-likeness (QED) is 0.471. The fourth-order valence-electron chi connectivity index (χ4n) is 2.74. The highest BCUT2D eigenvalue weighted by atomic mass is 19.4. The fraction of sp³-hybridized carbons (Fsp3) is 0.316. The van der Waals surface area contributed by atoms with Crippen LogP contribution in [-0.2, 0) is 17.6 Å². The van der Waals surface area contributed by atoms with Crippen LogP contribution in [0.15, 0.2) is 54.6 Å². The van der Waals surface area contributed by atoms with E-state index in [2.05, 4.69) is 10.1 Å². The number of nitrogens with one attached hydrogen (secondary N) is 1. The van der Waals surface area contributed by atoms with E-state index in [4.69, 9.17) is 5.73 Å². The lowest BCUT2D eigenvalue weighted by Gasteiger charge is -2.19. The Morgan fingerprint density at radius 1 is 1.03 bits per heavy atom. The largest absolute Gasteiger partial charge is 0.573 e. The molecule has 1 unspecified atom stereocenters. The van der Waals surface area contributed by atoms with E-state index in [1.54, 1.807) is 0 Å². The Morgan fingerprint density at radius 3 is 2.17 bits per heavy atom. The molecule has 0 radical (unpaired) electrons. The summed E-state index contributed by atoms with van der Waals surface area (Å²) in [7, 11) is -1.73. The van der Waals surface area contributed by atoms with Gasteiger partial charge in [-0.2, -0.15) is 0 Å². The molecule has 156 valence electrons. The molecule has 0 heterocycles. The van der Waals surface area contributed by atoms with Crippen LogP contribution in [0.25, 0.3) is 0 Å². The maximum absolute atomic E-state index is 12.2. The standard InChI is InChI=1S/C19H22BF3N2O4/c21-19(22,23)29-16-8-6-14(7-9-16)10-15(20(27)28)12-25-18(26)17(24)11-13-4-2-1-3-5-13/h1-9,15,17,27-28H,10-12,24H2,(H,25,26)/t15?,17-/m0/s1. The number of benzene rings is 2. The first-order valence-electron chi connectivity index (χ1n) is 8.92. The van der Waals surface area contributed by atoms with Crippen molar-refractivity contribution in [2.24, 2.45) is 5.73 Å². The molecule has 0 aromatic heterocycles. The topological polar surface area (TPSA) is 105 Å². The molecule has 0 saturated heterocycles. The van der Waals surface area contributed by atoms with Crippen LogP contribution in [0, 0.1) is 0 Å². The number of halogens is 3. The molecular formula is C19H22BF3N2O4. The summed E-state index contributed by atoms with van der Waals surface area (Å²) < 4.78 is 40.4. The van der Waals surface area contributed by atoms with Crippen LogP contribution in [0.5, 0.6) is 5.75 Å². The molecule has 29 heavy (non-hydrogen) atoms. The molecule has 6 nitrogen and oxygen atoms in total. The lowest BCUT2D eigenvalue weighted by atomic mass is 9.69. The minimum Gasteiger partial charge on any atom is -0.427 e. The van der Waals surface area contributed by atoms with Gasteiger partial charge in [0.2, 0.25) is 5.91 Å². The van der Waals surface area contributed by atoms with E-state index in [1.165, 1.54) is 12.1 Å². The number of alkyl halides is 3. The number of hydrogen-bond donors (Lipinski definition) is 4. The van der Waals surface area contributed by atoms with Crippen LogP contribution in [0.2, 0.25) is 5.82 Å². The first kappa shape index (κ1) is 22.7. The van der Waals surface area contributed by atoms with Gasteiger partial charge in [-0.15, -0.1) is 13.2 Å². The Balaban J connectivity index is 1.88. The molecule has 2 aromatic rings. The van der Waals surface area contributed by atoms with Crippen molar-refractivity contribution in [3.63, 3.8) is 0 Å². The molecule has 0 aliphatic rings. The van der Waals surface area contributed by atoms with Gasteiger partial charge in [-0.25, -0.2) is 0 Å². The van der Waals surface area contributed by atoms with E-state index in [-0.39, 0.29) is 18.7 Å². The third-order valence-corrected chi connectivity index (χ3v) is 4.25. The van der Waals surface area contributed by atoms with Gasteiger partial charge in [-0.1, -0.05) is 42.5 Å². The molecule has 5 N–H and O–H groups in total. The van der Waals surface area contributed by atoms with E-state index in [0.29, 0.717) is 12.0 Å². The molecule has 2 aromatic carbocycles. The molecule has 10 heteroatoms. The molecule has 1 amide bonds. The predicted octanol–water partition coefficient (Wildman–Crippen LogP) is 1.66. The Morgan fingerprint density at radius 2 is 1.62 bits per heavy atom. The van der Waals surface area contributed by atoms with Gasteiger partial charge in [0.1, 0.15) is 5.75 Å². The Kier molecular flexibility index (Phi) is 8.06. The fourth-order valence-corrected chi connectivity index (χ4v) is 2.74. The van der Waals surface area contributed by atoms with Gasteiger partial charge in [-0.05, 0) is 36.1 Å². The van der Waals surface area contributed by atoms with Crippen LogP contribution >= 0.6 is 0 Å². The molecule has 0 saturated carbocycles. The highest BCUT2D eigenvalue weighted by molar-refractivity contribution is 6.43. The van der Waals surface area contributed by atoms with E-state index in [1.807, 2.05) is 30.3 Å². The summed E-state index contributed by atoms with van der Waals surface area (Å²) >= 11 is 0. The Bertz CT molecular complexity index is 773. The zero-order valence-corrected chi connectivity index (χ0v) is 15.5. The number of carbonyl (C=O) groups is 1. The van der Waals surface area contributed by atoms with Gasteiger partial charge in [-0.3, -0.25) is 4.79 Å². The van der Waals surface area contributed by atoms with Crippen molar-refractivity contribution >= 4 is 13.0 Å². The summed E-state index contributed by atoms with van der Waals surface area (Å²) in [5, 5.41) is 21.7. The van der Waals surface area contributed by atoms with Gasteiger partial charge in [0.05, 0.1) is 6.04 Å². The number of hydrogen-bond acceptors (Lipinski definition) is 5. The van der Waals surface area contributed by atoms with Crippen molar-refractivity contribution in [3.8, 4) is 5.75 Å². The third kappa shape index (κ3) is 8.14. The van der Waals surface area contributed by atoms with Crippen molar-refractivity contribution in [3.05, 3.63) is 65.7 Å². The second-order valence-corrected chi connectivity index (χ2v) is 6.61. The van der Waals surface area contributed by atoms with Crippen molar-refractivity contribution in [2.45, 2.75) is 31.1 Å². The van der Waals surface area contributed by atoms with E-state index in [0.717, 1.165) is 17.7 Å². The molecule has 2 rings (SSSR count). The van der Waals surface area contributed by atoms with E-state index >= 15 is 0 Å². The maximum Gasteiger partial charge on any atom is 0.573 e. The first-order chi connectivity index (χ1) is 13.6. The molecular weight excluding hydrogens is 388 g/mol. The molecule has 2 atom stereocenters. The minimum atomic E-state index is -4.78. The average Bonchev–Trinajstić information content (AvgIpc) is 2.65. The van der Waals surface area contributed by atoms with Crippen LogP contribution in [0.4, 0.5) is 13.2 Å². The SMILES string of the molecule is N[C@@H](Cc1ccccc1)C(=O)NCC(Cc1ccc(OC(F)(F)F)cc1)B(O)O. The first-order valence-corrected chi connectivity index (χ1v) is 8.92. The zero-order valence-electron chi connectivity index (χ0n) is 15.5. The van der Waals surface area contributed by atoms with Crippen molar-refractivity contribution in [1.82, 2.24) is 5.32 Å². The molecule has 0 aliphatic heterocycles. The highest BCUT2D eigenvalue weighted by Gasteiger charge is 2.31. The molecule has 0 aliphatic carbocycles. The van der Waals surface area contributed by atoms with Crippen molar-refractivity contribution in [2.75, 3.05) is 6.54 Å². The summed E-state index contributed by atoms with van der Waals surface area (Å²) in [6, 6.07) is 13.5. The zero-order chi connectivity index (χ0) is 21.4. The predicted molar refractivity (Wildman–Crippen MR) is 102 cm³/mol. The lowest BCUT2D eigenvalue weighted by molar-refractivity contribution is -0.274. The van der Waals surface area contributed by atoms with Crippen LogP contribution in [-0.4, -0.2) is 42.0 Å². The van der Waals surface area contributed by atoms with E-state index < -0.39 is 31.2 Å². The monoisotopic (exact) mass is 410 g/mol. The second kappa shape index (κ2) is 10.3. The smallest absolute Gasteiger partial charge is 0.427 e. The minimum absolute atomic E-state index is 0.0558. The number of amides is 1. The average molecular weight is 410 g/mol. The summed E-state index contributed by atoms with van der Waals surface area (Å²) in [6.45, 7) is -0.0558. The number of carbonyl (C=O) groups excluding carboxylic acids is 1. The normalized spacial score (nSPS) is 13.4. The summed E-state index contributed by atoms with van der Waals surface area (Å²) in [6.07, 6.45) is -4.33. The van der Waals surface area contributed by atoms with Gasteiger partial charge in [0.15, 0.2) is 0 Å². The summed E-state index contributed by atoms with van der Waals surface area (Å²) in [5.74, 6) is -1.58. The molecule has 0 fully saturated rings. The lowest BCUT2D eigenvalue weighted by Crippen LogP contribution is -2.44. The van der Waals surface area contributed by atoms with Crippen LogP contribution in [0.3, 0.4) is 0 Å². The molecule has 0 spiro atoms. The van der Waals surface area contributed by atoms with Crippen molar-refractivity contribution < 1.29 is 32.8 Å². The number of rotatable bonds is 9. The number of nitrogens with two attached hydrogens (primary N) is 1. The summed E-state index contributed by atoms with van der Waals surface area (Å²) in [5.41, 5.74) is 7.34. The van der Waals surface area contributed by atoms with Crippen LogP contribution in [0.1, 0.15) is 11.1 Å². The number of ether oxygens (including phenoxy) is 1. The van der Waals surface area contributed by atoms with Crippen molar-refractivity contribution in [1.29, 1.82) is 0 Å². The van der Waals surface area contributed by atoms with Crippen LogP contribution < -0.4 is 15.8 Å². The van der Waals surface area contributed by atoms with Gasteiger partial charge >= 0.3 is 13.5 Å². The second-order valence-electron chi connectivity index (χ2n) is 6.61. The Labute approximate surface area is 166 Å². The van der Waals surface area contributed by atoms with E-state index in [9.17, 15) is 28.0 Å². The molecule has 0 bridgehead atoms.